The number of thiophene rings is 2. The van der Waals surface area contributed by atoms with E-state index in [1.165, 1.54) is 15.8 Å². The van der Waals surface area contributed by atoms with E-state index in [1.54, 1.807) is 22.7 Å². The van der Waals surface area contributed by atoms with Gasteiger partial charge in [-0.3, -0.25) is 0 Å². The van der Waals surface area contributed by atoms with E-state index in [9.17, 15) is 0 Å². The number of aromatic nitrogens is 1. The Balaban J connectivity index is 2.24. The highest BCUT2D eigenvalue weighted by Gasteiger charge is 2.03. The molecule has 0 aromatic carbocycles. The summed E-state index contributed by atoms with van der Waals surface area (Å²) < 4.78 is 0. The molecule has 0 spiro atoms. The molecule has 0 amide bonds. The second kappa shape index (κ2) is 3.19. The molecular formula is C11H7NS2. The number of hydrogen-bond acceptors (Lipinski definition) is 3. The standard InChI is InChI=1S/C11H7NS2/c1-2-8-6-10(9-3-5-13-7-9)14-11(8)12-4-1/h1-7H. The van der Waals surface area contributed by atoms with Gasteiger partial charge in [-0.15, -0.1) is 11.3 Å². The lowest BCUT2D eigenvalue weighted by Crippen LogP contribution is -1.65. The molecule has 3 aromatic rings. The van der Waals surface area contributed by atoms with E-state index >= 15 is 0 Å². The van der Waals surface area contributed by atoms with Crippen molar-refractivity contribution in [1.29, 1.82) is 0 Å². The summed E-state index contributed by atoms with van der Waals surface area (Å²) in [4.78, 5) is 6.76. The van der Waals surface area contributed by atoms with Crippen LogP contribution in [0.4, 0.5) is 0 Å². The molecule has 0 saturated heterocycles. The predicted molar refractivity (Wildman–Crippen MR) is 62.9 cm³/mol. The molecule has 3 rings (SSSR count). The highest BCUT2D eigenvalue weighted by atomic mass is 32.1. The van der Waals surface area contributed by atoms with Gasteiger partial charge in [-0.25, -0.2) is 4.98 Å². The fourth-order valence-electron chi connectivity index (χ4n) is 1.42. The Morgan fingerprint density at radius 3 is 3.00 bits per heavy atom. The molecule has 14 heavy (non-hydrogen) atoms. The van der Waals surface area contributed by atoms with Gasteiger partial charge < -0.3 is 0 Å². The van der Waals surface area contributed by atoms with E-state index in [0.717, 1.165) is 4.83 Å². The first-order chi connectivity index (χ1) is 6.93. The summed E-state index contributed by atoms with van der Waals surface area (Å²) in [5.74, 6) is 0. The number of pyridine rings is 1. The van der Waals surface area contributed by atoms with Crippen LogP contribution in [0.15, 0.2) is 41.2 Å². The molecule has 3 heterocycles. The first-order valence-electron chi connectivity index (χ1n) is 4.30. The van der Waals surface area contributed by atoms with Crippen LogP contribution >= 0.6 is 22.7 Å². The van der Waals surface area contributed by atoms with Crippen LogP contribution in [0.5, 0.6) is 0 Å². The van der Waals surface area contributed by atoms with Gasteiger partial charge in [0, 0.05) is 22.0 Å². The lowest BCUT2D eigenvalue weighted by atomic mass is 10.2. The van der Waals surface area contributed by atoms with E-state index in [4.69, 9.17) is 0 Å². The normalized spacial score (nSPS) is 10.9. The Morgan fingerprint density at radius 1 is 1.21 bits per heavy atom. The van der Waals surface area contributed by atoms with Gasteiger partial charge in [0.25, 0.3) is 0 Å². The zero-order valence-corrected chi connectivity index (χ0v) is 8.94. The van der Waals surface area contributed by atoms with E-state index in [1.807, 2.05) is 12.3 Å². The number of hydrogen-bond donors (Lipinski definition) is 0. The van der Waals surface area contributed by atoms with Gasteiger partial charge >= 0.3 is 0 Å². The van der Waals surface area contributed by atoms with Crippen molar-refractivity contribution in [2.45, 2.75) is 0 Å². The van der Waals surface area contributed by atoms with Gasteiger partial charge in [-0.2, -0.15) is 11.3 Å². The Bertz CT molecular complexity index is 518. The minimum absolute atomic E-state index is 1.12. The van der Waals surface area contributed by atoms with E-state index in [-0.39, 0.29) is 0 Å². The fraction of sp³-hybridized carbons (Fsp3) is 0. The lowest BCUT2D eigenvalue weighted by molar-refractivity contribution is 1.45. The predicted octanol–water partition coefficient (Wildman–Crippen LogP) is 4.02. The topological polar surface area (TPSA) is 12.9 Å². The minimum Gasteiger partial charge on any atom is -0.245 e. The highest BCUT2D eigenvalue weighted by Crippen LogP contribution is 2.32. The second-order valence-electron chi connectivity index (χ2n) is 3.02. The van der Waals surface area contributed by atoms with Gasteiger partial charge in [0.05, 0.1) is 0 Å². The summed E-state index contributed by atoms with van der Waals surface area (Å²) in [6.07, 6.45) is 1.84. The molecule has 0 fully saturated rings. The molecule has 0 radical (unpaired) electrons. The van der Waals surface area contributed by atoms with Crippen LogP contribution in [0.2, 0.25) is 0 Å². The summed E-state index contributed by atoms with van der Waals surface area (Å²) in [5.41, 5.74) is 1.30. The van der Waals surface area contributed by atoms with Crippen LogP contribution in [-0.2, 0) is 0 Å². The maximum absolute atomic E-state index is 4.33. The van der Waals surface area contributed by atoms with Crippen LogP contribution < -0.4 is 0 Å². The van der Waals surface area contributed by atoms with Gasteiger partial charge in [-0.05, 0) is 29.0 Å². The molecule has 0 aliphatic carbocycles. The second-order valence-corrected chi connectivity index (χ2v) is 4.83. The van der Waals surface area contributed by atoms with Crippen LogP contribution in [0.1, 0.15) is 0 Å². The molecule has 0 atom stereocenters. The highest BCUT2D eigenvalue weighted by molar-refractivity contribution is 7.22. The van der Waals surface area contributed by atoms with E-state index < -0.39 is 0 Å². The Kier molecular flexibility index (Phi) is 1.85. The third-order valence-corrected chi connectivity index (χ3v) is 3.89. The minimum atomic E-state index is 1.12. The van der Waals surface area contributed by atoms with Crippen LogP contribution in [-0.4, -0.2) is 4.98 Å². The summed E-state index contributed by atoms with van der Waals surface area (Å²) in [5, 5.41) is 5.51. The third-order valence-electron chi connectivity index (χ3n) is 2.10. The molecule has 0 N–H and O–H groups in total. The van der Waals surface area contributed by atoms with Gasteiger partial charge in [0.2, 0.25) is 0 Å². The van der Waals surface area contributed by atoms with Crippen molar-refractivity contribution >= 4 is 32.9 Å². The molecule has 3 aromatic heterocycles. The Labute approximate surface area is 89.7 Å². The van der Waals surface area contributed by atoms with Crippen LogP contribution in [0.25, 0.3) is 20.7 Å². The molecule has 3 heteroatoms. The van der Waals surface area contributed by atoms with Crippen molar-refractivity contribution in [3.05, 3.63) is 41.2 Å². The molecule has 68 valence electrons. The molecule has 0 saturated carbocycles. The molecule has 0 bridgehead atoms. The molecule has 0 unspecified atom stereocenters. The van der Waals surface area contributed by atoms with Crippen molar-refractivity contribution in [3.63, 3.8) is 0 Å². The first kappa shape index (κ1) is 8.15. The fourth-order valence-corrected chi connectivity index (χ4v) is 3.15. The quantitative estimate of drug-likeness (QED) is 0.600. The van der Waals surface area contributed by atoms with Crippen molar-refractivity contribution in [1.82, 2.24) is 4.98 Å². The van der Waals surface area contributed by atoms with Crippen LogP contribution in [0.3, 0.4) is 0 Å². The average molecular weight is 217 g/mol. The van der Waals surface area contributed by atoms with Crippen LogP contribution in [0, 0.1) is 0 Å². The van der Waals surface area contributed by atoms with E-state index in [2.05, 4.69) is 33.9 Å². The summed E-state index contributed by atoms with van der Waals surface area (Å²) in [6.45, 7) is 0. The van der Waals surface area contributed by atoms with Crippen molar-refractivity contribution in [3.8, 4) is 10.4 Å². The number of fused-ring (bicyclic) bond motifs is 1. The molecule has 0 aliphatic heterocycles. The monoisotopic (exact) mass is 217 g/mol. The lowest BCUT2D eigenvalue weighted by Gasteiger charge is -1.85. The summed E-state index contributed by atoms with van der Waals surface area (Å²) >= 11 is 3.48. The van der Waals surface area contributed by atoms with Crippen molar-refractivity contribution in [2.24, 2.45) is 0 Å². The largest absolute Gasteiger partial charge is 0.245 e. The maximum Gasteiger partial charge on any atom is 0.123 e. The zero-order chi connectivity index (χ0) is 9.38. The number of nitrogens with zero attached hydrogens (tertiary/aromatic N) is 1. The Hall–Kier alpha value is -1.19. The first-order valence-corrected chi connectivity index (χ1v) is 6.06. The average Bonchev–Trinajstić information content (AvgIpc) is 2.86. The van der Waals surface area contributed by atoms with Gasteiger partial charge in [0.1, 0.15) is 4.83 Å². The van der Waals surface area contributed by atoms with Gasteiger partial charge in [0.15, 0.2) is 0 Å². The zero-order valence-electron chi connectivity index (χ0n) is 7.31. The molecular weight excluding hydrogens is 210 g/mol. The smallest absolute Gasteiger partial charge is 0.123 e. The molecule has 1 nitrogen and oxygen atoms in total. The van der Waals surface area contributed by atoms with E-state index in [0.29, 0.717) is 0 Å². The van der Waals surface area contributed by atoms with Crippen molar-refractivity contribution < 1.29 is 0 Å². The number of rotatable bonds is 1. The third kappa shape index (κ3) is 1.25. The SMILES string of the molecule is c1cnc2sc(-c3ccsc3)cc2c1. The summed E-state index contributed by atoms with van der Waals surface area (Å²) in [6, 6.07) is 8.44. The summed E-state index contributed by atoms with van der Waals surface area (Å²) in [7, 11) is 0. The maximum atomic E-state index is 4.33. The van der Waals surface area contributed by atoms with Crippen molar-refractivity contribution in [2.75, 3.05) is 0 Å². The van der Waals surface area contributed by atoms with Gasteiger partial charge in [-0.1, -0.05) is 6.07 Å². The Morgan fingerprint density at radius 2 is 2.21 bits per heavy atom. The molecule has 0 aliphatic rings.